The van der Waals surface area contributed by atoms with Crippen molar-refractivity contribution in [2.24, 2.45) is 0 Å². The molecule has 1 heterocycles. The molecule has 4 nitrogen and oxygen atoms in total. The number of carbonyl (C=O) groups excluding carboxylic acids is 1. The van der Waals surface area contributed by atoms with E-state index in [-0.39, 0.29) is 5.91 Å². The first kappa shape index (κ1) is 20.8. The third-order valence-corrected chi connectivity index (χ3v) is 3.25. The maximum Gasteiger partial charge on any atom is 0.219 e. The zero-order chi connectivity index (χ0) is 19.4. The van der Waals surface area contributed by atoms with Gasteiger partial charge in [-0.25, -0.2) is 4.98 Å². The molecule has 1 aromatic carbocycles. The predicted molar refractivity (Wildman–Crippen MR) is 106 cm³/mol. The van der Waals surface area contributed by atoms with Crippen molar-refractivity contribution in [1.82, 2.24) is 10.3 Å². The minimum atomic E-state index is -0.0608. The van der Waals surface area contributed by atoms with E-state index in [1.165, 1.54) is 6.92 Å². The number of benzene rings is 1. The highest BCUT2D eigenvalue weighted by atomic mass is 35.5. The van der Waals surface area contributed by atoms with Gasteiger partial charge in [0.2, 0.25) is 11.8 Å². The van der Waals surface area contributed by atoms with Crippen molar-refractivity contribution >= 4 is 23.6 Å². The van der Waals surface area contributed by atoms with Crippen molar-refractivity contribution in [3.8, 4) is 36.3 Å². The summed E-state index contributed by atoms with van der Waals surface area (Å²) in [6, 6.07) is 9.00. The molecule has 0 spiro atoms. The number of hydrogen-bond acceptors (Lipinski definition) is 3. The van der Waals surface area contributed by atoms with Crippen LogP contribution in [-0.2, 0) is 4.79 Å². The van der Waals surface area contributed by atoms with Gasteiger partial charge in [-0.1, -0.05) is 29.7 Å². The van der Waals surface area contributed by atoms with Gasteiger partial charge in [0.15, 0.2) is 0 Å². The van der Waals surface area contributed by atoms with Crippen LogP contribution in [0.1, 0.15) is 25.0 Å². The molecule has 1 N–H and O–H groups in total. The van der Waals surface area contributed by atoms with Crippen LogP contribution in [0.2, 0.25) is 5.02 Å². The number of ether oxygens (including phenoxy) is 1. The molecule has 26 heavy (non-hydrogen) atoms. The second-order valence-corrected chi connectivity index (χ2v) is 5.30. The molecule has 132 valence electrons. The van der Waals surface area contributed by atoms with Crippen LogP contribution in [0.5, 0.6) is 11.6 Å². The van der Waals surface area contributed by atoms with Crippen LogP contribution in [0.15, 0.2) is 42.6 Å². The van der Waals surface area contributed by atoms with Crippen LogP contribution in [-0.4, -0.2) is 17.4 Å². The molecule has 0 atom stereocenters. The quantitative estimate of drug-likeness (QED) is 0.803. The molecule has 1 amide bonds. The number of aromatic nitrogens is 1. The zero-order valence-electron chi connectivity index (χ0n) is 14.6. The molecule has 0 aliphatic heterocycles. The van der Waals surface area contributed by atoms with E-state index < -0.39 is 0 Å². The Hall–Kier alpha value is -3.21. The van der Waals surface area contributed by atoms with E-state index in [2.05, 4.69) is 35.0 Å². The van der Waals surface area contributed by atoms with E-state index >= 15 is 0 Å². The average molecular weight is 367 g/mol. The number of hydrogen-bond donors (Lipinski definition) is 1. The van der Waals surface area contributed by atoms with Gasteiger partial charge in [-0.3, -0.25) is 4.79 Å². The zero-order valence-corrected chi connectivity index (χ0v) is 15.4. The van der Waals surface area contributed by atoms with Crippen LogP contribution >= 0.6 is 11.6 Å². The maximum absolute atomic E-state index is 10.8. The molecule has 0 radical (unpaired) electrons. The lowest BCUT2D eigenvalue weighted by atomic mass is 10.2. The Morgan fingerprint density at radius 1 is 1.35 bits per heavy atom. The molecule has 2 aromatic rings. The number of rotatable bonds is 5. The minimum absolute atomic E-state index is 0.0608. The molecule has 0 aliphatic carbocycles. The number of nitrogens with one attached hydrogen (secondary N) is 1. The van der Waals surface area contributed by atoms with Crippen LogP contribution in [0.4, 0.5) is 0 Å². The maximum atomic E-state index is 10.8. The summed E-state index contributed by atoms with van der Waals surface area (Å²) in [5, 5.41) is 3.17. The van der Waals surface area contributed by atoms with Crippen molar-refractivity contribution in [2.75, 3.05) is 6.54 Å². The number of terminal acetylenes is 1. The standard InChI is InChI=1S/C19H17ClN2O2.C2H2/c1-3-5-15-7-9-18(17(20)12-15)24-19-10-8-16(13-22-19)6-4-11-21-14(2)23;1-2/h4,6-10,12-13H,11H2,1-2H3,(H,21,23);1-2H/b6-4+;. The van der Waals surface area contributed by atoms with E-state index in [1.807, 2.05) is 24.3 Å². The lowest BCUT2D eigenvalue weighted by Gasteiger charge is -2.07. The average Bonchev–Trinajstić information content (AvgIpc) is 2.64. The Kier molecular flexibility index (Phi) is 9.10. The van der Waals surface area contributed by atoms with E-state index in [4.69, 9.17) is 16.3 Å². The van der Waals surface area contributed by atoms with E-state index in [0.717, 1.165) is 11.1 Å². The fraction of sp³-hybridized carbons (Fsp3) is 0.143. The summed E-state index contributed by atoms with van der Waals surface area (Å²) in [5.74, 6) is 6.68. The first-order valence-corrected chi connectivity index (χ1v) is 8.07. The highest BCUT2D eigenvalue weighted by molar-refractivity contribution is 6.32. The van der Waals surface area contributed by atoms with Crippen LogP contribution < -0.4 is 10.1 Å². The number of amides is 1. The molecule has 1 aromatic heterocycles. The van der Waals surface area contributed by atoms with Crippen LogP contribution in [0.25, 0.3) is 6.08 Å². The SMILES string of the molecule is C#C.CC#Cc1ccc(Oc2ccc(/C=C/CNC(C)=O)cn2)c(Cl)c1. The summed E-state index contributed by atoms with van der Waals surface area (Å²) in [6.07, 6.45) is 13.4. The Bertz CT molecular complexity index is 844. The minimum Gasteiger partial charge on any atom is -0.437 e. The molecule has 2 rings (SSSR count). The van der Waals surface area contributed by atoms with Gasteiger partial charge in [-0.2, -0.15) is 0 Å². The van der Waals surface area contributed by atoms with Gasteiger partial charge < -0.3 is 10.1 Å². The van der Waals surface area contributed by atoms with Gasteiger partial charge in [0.1, 0.15) is 5.75 Å². The molecule has 0 unspecified atom stereocenters. The molecule has 5 heteroatoms. The molecule has 0 fully saturated rings. The fourth-order valence-electron chi connectivity index (χ4n) is 1.87. The highest BCUT2D eigenvalue weighted by Gasteiger charge is 2.04. The largest absolute Gasteiger partial charge is 0.437 e. The van der Waals surface area contributed by atoms with Crippen molar-refractivity contribution in [2.45, 2.75) is 13.8 Å². The fourth-order valence-corrected chi connectivity index (χ4v) is 2.09. The van der Waals surface area contributed by atoms with E-state index in [9.17, 15) is 4.79 Å². The number of nitrogens with zero attached hydrogens (tertiary/aromatic N) is 1. The lowest BCUT2D eigenvalue weighted by Crippen LogP contribution is -2.19. The number of halogens is 1. The summed E-state index contributed by atoms with van der Waals surface area (Å²) in [4.78, 5) is 15.0. The third-order valence-electron chi connectivity index (χ3n) is 2.95. The van der Waals surface area contributed by atoms with Gasteiger partial charge in [0, 0.05) is 31.3 Å². The van der Waals surface area contributed by atoms with Gasteiger partial charge in [0.25, 0.3) is 0 Å². The van der Waals surface area contributed by atoms with Crippen LogP contribution in [0, 0.1) is 24.7 Å². The summed E-state index contributed by atoms with van der Waals surface area (Å²) >= 11 is 6.19. The normalized spacial score (nSPS) is 9.42. The molecular weight excluding hydrogens is 348 g/mol. The summed E-state index contributed by atoms with van der Waals surface area (Å²) in [7, 11) is 0. The Morgan fingerprint density at radius 3 is 2.69 bits per heavy atom. The van der Waals surface area contributed by atoms with E-state index in [1.54, 1.807) is 31.3 Å². The third kappa shape index (κ3) is 7.13. The second kappa shape index (κ2) is 11.4. The van der Waals surface area contributed by atoms with Gasteiger partial charge in [0.05, 0.1) is 5.02 Å². The number of carbonyl (C=O) groups is 1. The number of pyridine rings is 1. The van der Waals surface area contributed by atoms with Gasteiger partial charge >= 0.3 is 0 Å². The van der Waals surface area contributed by atoms with Crippen molar-refractivity contribution in [3.05, 3.63) is 58.8 Å². The smallest absolute Gasteiger partial charge is 0.219 e. The van der Waals surface area contributed by atoms with Crippen LogP contribution in [0.3, 0.4) is 0 Å². The lowest BCUT2D eigenvalue weighted by molar-refractivity contribution is -0.118. The summed E-state index contributed by atoms with van der Waals surface area (Å²) < 4.78 is 5.68. The second-order valence-electron chi connectivity index (χ2n) is 4.89. The Labute approximate surface area is 159 Å². The first-order chi connectivity index (χ1) is 12.6. The summed E-state index contributed by atoms with van der Waals surface area (Å²) in [6.45, 7) is 3.73. The van der Waals surface area contributed by atoms with Gasteiger partial charge in [-0.15, -0.1) is 18.8 Å². The highest BCUT2D eigenvalue weighted by Crippen LogP contribution is 2.29. The Balaban J connectivity index is 0.00000163. The molecule has 0 saturated heterocycles. The monoisotopic (exact) mass is 366 g/mol. The molecule has 0 bridgehead atoms. The first-order valence-electron chi connectivity index (χ1n) is 7.69. The summed E-state index contributed by atoms with van der Waals surface area (Å²) in [5.41, 5.74) is 1.75. The van der Waals surface area contributed by atoms with Gasteiger partial charge in [-0.05, 0) is 36.8 Å². The Morgan fingerprint density at radius 2 is 2.12 bits per heavy atom. The van der Waals surface area contributed by atoms with Crippen molar-refractivity contribution in [3.63, 3.8) is 0 Å². The molecule has 0 aliphatic rings. The molecular formula is C21H19ClN2O2. The van der Waals surface area contributed by atoms with E-state index in [0.29, 0.717) is 23.2 Å². The van der Waals surface area contributed by atoms with Crippen molar-refractivity contribution < 1.29 is 9.53 Å². The van der Waals surface area contributed by atoms with Crippen molar-refractivity contribution in [1.29, 1.82) is 0 Å². The molecule has 0 saturated carbocycles. The topological polar surface area (TPSA) is 51.2 Å². The predicted octanol–water partition coefficient (Wildman–Crippen LogP) is 4.30.